The molecule has 68 valence electrons. The van der Waals surface area contributed by atoms with Crippen molar-refractivity contribution in [3.05, 3.63) is 0 Å². The molecule has 2 rings (SSSR count). The van der Waals surface area contributed by atoms with Gasteiger partial charge >= 0.3 is 0 Å². The second kappa shape index (κ2) is 3.44. The van der Waals surface area contributed by atoms with Gasteiger partial charge < -0.3 is 9.64 Å². The molecule has 0 atom stereocenters. The van der Waals surface area contributed by atoms with Crippen molar-refractivity contribution in [2.24, 2.45) is 0 Å². The first-order valence-electron chi connectivity index (χ1n) is 4.75. The highest BCUT2D eigenvalue weighted by atomic mass is 16.5. The summed E-state index contributed by atoms with van der Waals surface area (Å²) in [5.74, 6) is 0.182. The van der Waals surface area contributed by atoms with Crippen molar-refractivity contribution in [3.63, 3.8) is 0 Å². The van der Waals surface area contributed by atoms with Gasteiger partial charge in [0.2, 0.25) is 0 Å². The van der Waals surface area contributed by atoms with Gasteiger partial charge in [0.25, 0.3) is 5.91 Å². The Bertz CT molecular complexity index is 175. The number of nitrogens with zero attached hydrogens (tertiary/aromatic N) is 1. The van der Waals surface area contributed by atoms with E-state index in [0.29, 0.717) is 19.4 Å². The van der Waals surface area contributed by atoms with Gasteiger partial charge in [-0.25, -0.2) is 0 Å². The Hall–Kier alpha value is -0.570. The highest BCUT2D eigenvalue weighted by Crippen LogP contribution is 2.24. The van der Waals surface area contributed by atoms with Gasteiger partial charge in [0, 0.05) is 6.04 Å². The van der Waals surface area contributed by atoms with Gasteiger partial charge in [0.1, 0.15) is 13.3 Å². The molecule has 3 heteroatoms. The fourth-order valence-corrected chi connectivity index (χ4v) is 2.09. The minimum Gasteiger partial charge on any atom is -0.351 e. The molecule has 0 spiro atoms. The molecule has 0 radical (unpaired) electrons. The van der Waals surface area contributed by atoms with Gasteiger partial charge in [-0.05, 0) is 12.8 Å². The second-order valence-electron chi connectivity index (χ2n) is 3.63. The molecule has 0 unspecified atom stereocenters. The van der Waals surface area contributed by atoms with Crippen LogP contribution in [0.5, 0.6) is 0 Å². The third-order valence-electron chi connectivity index (χ3n) is 2.79. The van der Waals surface area contributed by atoms with Crippen LogP contribution in [0.15, 0.2) is 0 Å². The number of hydrogen-bond donors (Lipinski definition) is 0. The Kier molecular flexibility index (Phi) is 2.30. The Balaban J connectivity index is 1.93. The van der Waals surface area contributed by atoms with Gasteiger partial charge in [-0.3, -0.25) is 4.79 Å². The first-order valence-corrected chi connectivity index (χ1v) is 4.75. The Labute approximate surface area is 72.7 Å². The fraction of sp³-hybridized carbons (Fsp3) is 0.889. The van der Waals surface area contributed by atoms with Gasteiger partial charge in [-0.1, -0.05) is 19.3 Å². The number of ether oxygens (including phenoxy) is 1. The molecule has 0 aromatic rings. The molecule has 0 aromatic heterocycles. The molecular formula is C9H15NO2. The molecular weight excluding hydrogens is 154 g/mol. The van der Waals surface area contributed by atoms with Crippen molar-refractivity contribution in [1.29, 1.82) is 0 Å². The molecule has 1 aliphatic heterocycles. The van der Waals surface area contributed by atoms with E-state index in [1.807, 2.05) is 4.90 Å². The maximum Gasteiger partial charge on any atom is 0.250 e. The average Bonchev–Trinajstić information content (AvgIpc) is 2.53. The zero-order valence-corrected chi connectivity index (χ0v) is 7.29. The monoisotopic (exact) mass is 169 g/mol. The highest BCUT2D eigenvalue weighted by Gasteiger charge is 2.29. The van der Waals surface area contributed by atoms with Crippen molar-refractivity contribution >= 4 is 5.91 Å². The van der Waals surface area contributed by atoms with Crippen LogP contribution < -0.4 is 0 Å². The van der Waals surface area contributed by atoms with Crippen LogP contribution in [0.2, 0.25) is 0 Å². The van der Waals surface area contributed by atoms with Crippen molar-refractivity contribution < 1.29 is 9.53 Å². The van der Waals surface area contributed by atoms with E-state index in [9.17, 15) is 4.79 Å². The molecule has 1 saturated heterocycles. The summed E-state index contributed by atoms with van der Waals surface area (Å²) in [6.45, 7) is 0.833. The lowest BCUT2D eigenvalue weighted by molar-refractivity contribution is -0.129. The number of carbonyl (C=O) groups is 1. The lowest BCUT2D eigenvalue weighted by Gasteiger charge is -2.29. The van der Waals surface area contributed by atoms with Gasteiger partial charge in [0.05, 0.1) is 0 Å². The molecule has 0 aromatic carbocycles. The van der Waals surface area contributed by atoms with Crippen LogP contribution >= 0.6 is 0 Å². The molecule has 2 aliphatic rings. The van der Waals surface area contributed by atoms with Crippen molar-refractivity contribution in [2.45, 2.75) is 38.1 Å². The predicted molar refractivity (Wildman–Crippen MR) is 44.5 cm³/mol. The Morgan fingerprint density at radius 3 is 2.58 bits per heavy atom. The molecule has 3 nitrogen and oxygen atoms in total. The van der Waals surface area contributed by atoms with Crippen LogP contribution in [0.25, 0.3) is 0 Å². The zero-order valence-electron chi connectivity index (χ0n) is 7.29. The lowest BCUT2D eigenvalue weighted by atomic mass is 9.94. The second-order valence-corrected chi connectivity index (χ2v) is 3.63. The molecule has 1 heterocycles. The normalized spacial score (nSPS) is 26.7. The Morgan fingerprint density at radius 2 is 2.00 bits per heavy atom. The first kappa shape index (κ1) is 8.05. The van der Waals surface area contributed by atoms with Crippen LogP contribution in [0.4, 0.5) is 0 Å². The van der Waals surface area contributed by atoms with Crippen LogP contribution in [-0.4, -0.2) is 30.2 Å². The van der Waals surface area contributed by atoms with Crippen molar-refractivity contribution in [2.75, 3.05) is 13.3 Å². The third-order valence-corrected chi connectivity index (χ3v) is 2.79. The summed E-state index contributed by atoms with van der Waals surface area (Å²) >= 11 is 0. The van der Waals surface area contributed by atoms with E-state index < -0.39 is 0 Å². The maximum atomic E-state index is 11.3. The summed E-state index contributed by atoms with van der Waals surface area (Å²) < 4.78 is 5.10. The van der Waals surface area contributed by atoms with Crippen molar-refractivity contribution in [1.82, 2.24) is 4.90 Å². The fourth-order valence-electron chi connectivity index (χ4n) is 2.09. The van der Waals surface area contributed by atoms with E-state index >= 15 is 0 Å². The standard InChI is InChI=1S/C9H15NO2/c11-9-6-12-7-10(9)8-4-2-1-3-5-8/h8H,1-7H2. The minimum absolute atomic E-state index is 0.182. The van der Waals surface area contributed by atoms with Gasteiger partial charge in [-0.2, -0.15) is 0 Å². The predicted octanol–water partition coefficient (Wildman–Crippen LogP) is 1.14. The van der Waals surface area contributed by atoms with E-state index in [-0.39, 0.29) is 5.91 Å². The number of rotatable bonds is 1. The smallest absolute Gasteiger partial charge is 0.250 e. The number of amides is 1. The summed E-state index contributed by atoms with van der Waals surface area (Å²) in [5.41, 5.74) is 0. The van der Waals surface area contributed by atoms with E-state index in [1.165, 1.54) is 32.1 Å². The summed E-state index contributed by atoms with van der Waals surface area (Å²) in [7, 11) is 0. The van der Waals surface area contributed by atoms with Crippen LogP contribution in [0.1, 0.15) is 32.1 Å². The zero-order chi connectivity index (χ0) is 8.39. The molecule has 2 fully saturated rings. The van der Waals surface area contributed by atoms with E-state index in [1.54, 1.807) is 0 Å². The highest BCUT2D eigenvalue weighted by molar-refractivity contribution is 5.79. The summed E-state index contributed by atoms with van der Waals surface area (Å²) in [5, 5.41) is 0. The van der Waals surface area contributed by atoms with Crippen molar-refractivity contribution in [3.8, 4) is 0 Å². The average molecular weight is 169 g/mol. The SMILES string of the molecule is O=C1COCN1C1CCCCC1. The quantitative estimate of drug-likeness (QED) is 0.589. The molecule has 12 heavy (non-hydrogen) atoms. The van der Waals surface area contributed by atoms with Crippen LogP contribution in [0, 0.1) is 0 Å². The topological polar surface area (TPSA) is 29.5 Å². The first-order chi connectivity index (χ1) is 5.88. The third kappa shape index (κ3) is 1.46. The number of carbonyl (C=O) groups excluding carboxylic acids is 1. The molecule has 1 amide bonds. The maximum absolute atomic E-state index is 11.3. The summed E-state index contributed by atoms with van der Waals surface area (Å²) in [4.78, 5) is 13.2. The Morgan fingerprint density at radius 1 is 1.25 bits per heavy atom. The van der Waals surface area contributed by atoms with Crippen LogP contribution in [0.3, 0.4) is 0 Å². The minimum atomic E-state index is 0.182. The summed E-state index contributed by atoms with van der Waals surface area (Å²) in [6.07, 6.45) is 6.23. The molecule has 1 saturated carbocycles. The van der Waals surface area contributed by atoms with Gasteiger partial charge in [-0.15, -0.1) is 0 Å². The van der Waals surface area contributed by atoms with Gasteiger partial charge in [0.15, 0.2) is 0 Å². The molecule has 0 bridgehead atoms. The van der Waals surface area contributed by atoms with E-state index in [2.05, 4.69) is 0 Å². The summed E-state index contributed by atoms with van der Waals surface area (Å²) in [6, 6.07) is 0.480. The van der Waals surface area contributed by atoms with Crippen LogP contribution in [-0.2, 0) is 9.53 Å². The lowest BCUT2D eigenvalue weighted by Crippen LogP contribution is -2.38. The largest absolute Gasteiger partial charge is 0.351 e. The molecule has 1 aliphatic carbocycles. The van der Waals surface area contributed by atoms with E-state index in [4.69, 9.17) is 4.74 Å². The molecule has 0 N–H and O–H groups in total. The van der Waals surface area contributed by atoms with E-state index in [0.717, 1.165) is 0 Å². The number of hydrogen-bond acceptors (Lipinski definition) is 2.